The molecule has 0 aromatic heterocycles. The van der Waals surface area contributed by atoms with Crippen LogP contribution in [0.5, 0.6) is 5.75 Å². The van der Waals surface area contributed by atoms with Crippen molar-refractivity contribution < 1.29 is 4.74 Å². The molecule has 0 radical (unpaired) electrons. The minimum atomic E-state index is 0.287. The zero-order valence-electron chi connectivity index (χ0n) is 9.79. The summed E-state index contributed by atoms with van der Waals surface area (Å²) in [6.07, 6.45) is 0. The highest BCUT2D eigenvalue weighted by Gasteiger charge is 2.05. The first-order chi connectivity index (χ1) is 7.63. The van der Waals surface area contributed by atoms with E-state index in [4.69, 9.17) is 4.74 Å². The molecule has 1 N–H and O–H groups in total. The Morgan fingerprint density at radius 2 is 2.31 bits per heavy atom. The van der Waals surface area contributed by atoms with E-state index in [9.17, 15) is 0 Å². The van der Waals surface area contributed by atoms with Crippen molar-refractivity contribution in [2.24, 2.45) is 0 Å². The maximum Gasteiger partial charge on any atom is 0.119 e. The van der Waals surface area contributed by atoms with Gasteiger partial charge in [0.1, 0.15) is 5.75 Å². The first-order valence-corrected chi connectivity index (χ1v) is 6.22. The Labute approximate surface area is 106 Å². The monoisotopic (exact) mass is 283 g/mol. The van der Waals surface area contributed by atoms with Crippen LogP contribution in [0.4, 0.5) is 0 Å². The van der Waals surface area contributed by atoms with Gasteiger partial charge in [-0.05, 0) is 31.5 Å². The second-order valence-electron chi connectivity index (χ2n) is 3.63. The molecule has 1 rings (SSSR count). The fourth-order valence-electron chi connectivity index (χ4n) is 1.42. The molecule has 0 aliphatic carbocycles. The van der Waals surface area contributed by atoms with E-state index < -0.39 is 0 Å². The van der Waals surface area contributed by atoms with E-state index in [1.54, 1.807) is 0 Å². The average Bonchev–Trinajstić information content (AvgIpc) is 2.26. The smallest absolute Gasteiger partial charge is 0.119 e. The molecule has 1 aromatic rings. The van der Waals surface area contributed by atoms with Gasteiger partial charge in [-0.1, -0.05) is 34.6 Å². The third-order valence-corrected chi connectivity index (χ3v) is 2.55. The van der Waals surface area contributed by atoms with Crippen LogP contribution in [0.25, 0.3) is 0 Å². The lowest BCUT2D eigenvalue weighted by Gasteiger charge is -2.15. The molecule has 0 heterocycles. The van der Waals surface area contributed by atoms with Crippen LogP contribution in [0, 0.1) is 0 Å². The Bertz CT molecular complexity index is 352. The van der Waals surface area contributed by atoms with Crippen molar-refractivity contribution in [3.05, 3.63) is 40.9 Å². The first-order valence-electron chi connectivity index (χ1n) is 5.43. The lowest BCUT2D eigenvalue weighted by molar-refractivity contribution is 0.339. The molecular weight excluding hydrogens is 266 g/mol. The standard InChI is InChI=1S/C13H18BrNO/c1-4-16-13-7-5-6-12(8-13)11(3)15-9-10(2)14/h5-8,11,15H,2,4,9H2,1,3H3. The predicted octanol–water partition coefficient (Wildman–Crippen LogP) is 3.64. The van der Waals surface area contributed by atoms with E-state index in [1.165, 1.54) is 5.56 Å². The van der Waals surface area contributed by atoms with Crippen LogP contribution in [0.2, 0.25) is 0 Å². The SMILES string of the molecule is C=C(Br)CNC(C)c1cccc(OCC)c1. The van der Waals surface area contributed by atoms with Crippen molar-refractivity contribution in [3.63, 3.8) is 0 Å². The highest BCUT2D eigenvalue weighted by Crippen LogP contribution is 2.19. The molecule has 0 saturated heterocycles. The molecule has 0 saturated carbocycles. The third kappa shape index (κ3) is 4.37. The zero-order chi connectivity index (χ0) is 12.0. The lowest BCUT2D eigenvalue weighted by Crippen LogP contribution is -2.19. The molecule has 0 aliphatic heterocycles. The summed E-state index contributed by atoms with van der Waals surface area (Å²) in [5, 5.41) is 3.37. The molecule has 0 spiro atoms. The molecule has 0 amide bonds. The van der Waals surface area contributed by atoms with Gasteiger partial charge in [-0.25, -0.2) is 0 Å². The molecule has 1 aromatic carbocycles. The van der Waals surface area contributed by atoms with Crippen LogP contribution >= 0.6 is 15.9 Å². The number of ether oxygens (including phenoxy) is 1. The molecule has 1 atom stereocenters. The Morgan fingerprint density at radius 1 is 1.56 bits per heavy atom. The number of rotatable bonds is 6. The minimum Gasteiger partial charge on any atom is -0.494 e. The van der Waals surface area contributed by atoms with Gasteiger partial charge in [-0.15, -0.1) is 0 Å². The molecule has 0 fully saturated rings. The predicted molar refractivity (Wildman–Crippen MR) is 72.1 cm³/mol. The number of hydrogen-bond acceptors (Lipinski definition) is 2. The fourth-order valence-corrected chi connectivity index (χ4v) is 1.58. The first kappa shape index (κ1) is 13.3. The summed E-state index contributed by atoms with van der Waals surface area (Å²) in [7, 11) is 0. The second-order valence-corrected chi connectivity index (χ2v) is 4.75. The summed E-state index contributed by atoms with van der Waals surface area (Å²) in [5.74, 6) is 0.923. The molecular formula is C13H18BrNO. The van der Waals surface area contributed by atoms with Crippen LogP contribution in [-0.2, 0) is 0 Å². The quantitative estimate of drug-likeness (QED) is 0.861. The summed E-state index contributed by atoms with van der Waals surface area (Å²) in [4.78, 5) is 0. The fraction of sp³-hybridized carbons (Fsp3) is 0.385. The largest absolute Gasteiger partial charge is 0.494 e. The van der Waals surface area contributed by atoms with E-state index >= 15 is 0 Å². The van der Waals surface area contributed by atoms with Gasteiger partial charge in [-0.2, -0.15) is 0 Å². The average molecular weight is 284 g/mol. The number of benzene rings is 1. The Kier molecular flexibility index (Phi) is 5.56. The summed E-state index contributed by atoms with van der Waals surface area (Å²) < 4.78 is 6.43. The number of hydrogen-bond donors (Lipinski definition) is 1. The van der Waals surface area contributed by atoms with Gasteiger partial charge >= 0.3 is 0 Å². The van der Waals surface area contributed by atoms with Crippen molar-refractivity contribution in [1.82, 2.24) is 5.32 Å². The van der Waals surface area contributed by atoms with Crippen LogP contribution in [0.3, 0.4) is 0 Å². The van der Waals surface area contributed by atoms with Gasteiger partial charge in [0, 0.05) is 17.1 Å². The molecule has 0 bridgehead atoms. The van der Waals surface area contributed by atoms with Gasteiger partial charge in [-0.3, -0.25) is 0 Å². The molecule has 16 heavy (non-hydrogen) atoms. The van der Waals surface area contributed by atoms with E-state index in [2.05, 4.69) is 46.9 Å². The van der Waals surface area contributed by atoms with Crippen molar-refractivity contribution >= 4 is 15.9 Å². The lowest BCUT2D eigenvalue weighted by atomic mass is 10.1. The second kappa shape index (κ2) is 6.71. The van der Waals surface area contributed by atoms with Gasteiger partial charge < -0.3 is 10.1 Å². The Balaban J connectivity index is 2.63. The maximum absolute atomic E-state index is 5.47. The number of nitrogens with one attached hydrogen (secondary N) is 1. The van der Waals surface area contributed by atoms with E-state index in [-0.39, 0.29) is 6.04 Å². The van der Waals surface area contributed by atoms with Gasteiger partial charge in [0.05, 0.1) is 6.61 Å². The van der Waals surface area contributed by atoms with Crippen molar-refractivity contribution in [2.45, 2.75) is 19.9 Å². The van der Waals surface area contributed by atoms with Crippen molar-refractivity contribution in [2.75, 3.05) is 13.2 Å². The maximum atomic E-state index is 5.47. The highest BCUT2D eigenvalue weighted by molar-refractivity contribution is 9.11. The topological polar surface area (TPSA) is 21.3 Å². The highest BCUT2D eigenvalue weighted by atomic mass is 79.9. The van der Waals surface area contributed by atoms with Crippen molar-refractivity contribution in [1.29, 1.82) is 0 Å². The van der Waals surface area contributed by atoms with Crippen LogP contribution in [0.15, 0.2) is 35.3 Å². The normalized spacial score (nSPS) is 12.2. The summed E-state index contributed by atoms with van der Waals surface area (Å²) in [6, 6.07) is 8.44. The number of halogens is 1. The zero-order valence-corrected chi connectivity index (χ0v) is 11.4. The minimum absolute atomic E-state index is 0.287. The summed E-state index contributed by atoms with van der Waals surface area (Å²) >= 11 is 3.33. The molecule has 3 heteroatoms. The molecule has 1 unspecified atom stereocenters. The van der Waals surface area contributed by atoms with Crippen LogP contribution in [-0.4, -0.2) is 13.2 Å². The van der Waals surface area contributed by atoms with Gasteiger partial charge in [0.15, 0.2) is 0 Å². The van der Waals surface area contributed by atoms with Crippen molar-refractivity contribution in [3.8, 4) is 5.75 Å². The Hall–Kier alpha value is -0.800. The van der Waals surface area contributed by atoms with E-state index in [1.807, 2.05) is 19.1 Å². The van der Waals surface area contributed by atoms with Crippen LogP contribution in [0.1, 0.15) is 25.5 Å². The molecule has 0 aliphatic rings. The molecule has 2 nitrogen and oxygen atoms in total. The molecule has 88 valence electrons. The summed E-state index contributed by atoms with van der Waals surface area (Å²) in [5.41, 5.74) is 1.22. The van der Waals surface area contributed by atoms with Gasteiger partial charge in [0.2, 0.25) is 0 Å². The van der Waals surface area contributed by atoms with Gasteiger partial charge in [0.25, 0.3) is 0 Å². The van der Waals surface area contributed by atoms with E-state index in [0.717, 1.165) is 16.8 Å². The van der Waals surface area contributed by atoms with E-state index in [0.29, 0.717) is 6.61 Å². The third-order valence-electron chi connectivity index (χ3n) is 2.27. The Morgan fingerprint density at radius 3 is 2.94 bits per heavy atom. The summed E-state index contributed by atoms with van der Waals surface area (Å²) in [6.45, 7) is 9.37. The van der Waals surface area contributed by atoms with Crippen LogP contribution < -0.4 is 10.1 Å².